The van der Waals surface area contributed by atoms with Gasteiger partial charge < -0.3 is 15.5 Å². The molecule has 1 atom stereocenters. The molecule has 0 aromatic heterocycles. The van der Waals surface area contributed by atoms with Crippen molar-refractivity contribution in [2.75, 3.05) is 36.8 Å². The Morgan fingerprint density at radius 2 is 1.74 bits per heavy atom. The molecule has 1 saturated heterocycles. The lowest BCUT2D eigenvalue weighted by atomic mass is 10.0. The molecule has 7 nitrogen and oxygen atoms in total. The van der Waals surface area contributed by atoms with Gasteiger partial charge in [0.1, 0.15) is 0 Å². The normalized spacial score (nSPS) is 17.2. The number of rotatable bonds is 7. The molecule has 0 aliphatic carbocycles. The molecule has 0 bridgehead atoms. The van der Waals surface area contributed by atoms with Gasteiger partial charge in [0.2, 0.25) is 17.7 Å². The summed E-state index contributed by atoms with van der Waals surface area (Å²) in [5.74, 6) is -0.390. The van der Waals surface area contributed by atoms with Crippen LogP contribution < -0.4 is 10.6 Å². The lowest BCUT2D eigenvalue weighted by molar-refractivity contribution is -0.136. The Hall–Kier alpha value is -2.41. The second-order valence-electron chi connectivity index (χ2n) is 7.03. The summed E-state index contributed by atoms with van der Waals surface area (Å²) in [6.07, 6.45) is 3.46. The van der Waals surface area contributed by atoms with Crippen LogP contribution in [0.5, 0.6) is 0 Å². The van der Waals surface area contributed by atoms with Crippen LogP contribution in [0.25, 0.3) is 0 Å². The molecule has 7 heteroatoms. The number of likely N-dealkylation sites (N-methyl/N-ethyl adjacent to an activating group) is 1. The first-order chi connectivity index (χ1) is 12.9. The van der Waals surface area contributed by atoms with Crippen molar-refractivity contribution in [1.82, 2.24) is 9.80 Å². The highest BCUT2D eigenvalue weighted by Crippen LogP contribution is 2.16. The van der Waals surface area contributed by atoms with Crippen molar-refractivity contribution in [3.05, 3.63) is 24.3 Å². The fourth-order valence-corrected chi connectivity index (χ4v) is 3.26. The summed E-state index contributed by atoms with van der Waals surface area (Å²) < 4.78 is 0. The van der Waals surface area contributed by atoms with Crippen molar-refractivity contribution in [3.63, 3.8) is 0 Å². The summed E-state index contributed by atoms with van der Waals surface area (Å²) in [5, 5.41) is 5.47. The molecule has 0 radical (unpaired) electrons. The van der Waals surface area contributed by atoms with E-state index in [0.29, 0.717) is 30.5 Å². The molecule has 0 spiro atoms. The third-order valence-electron chi connectivity index (χ3n) is 4.84. The number of hydrogen-bond acceptors (Lipinski definition) is 4. The van der Waals surface area contributed by atoms with Gasteiger partial charge in [0.15, 0.2) is 0 Å². The van der Waals surface area contributed by atoms with E-state index >= 15 is 0 Å². The number of carbonyl (C=O) groups is 3. The predicted octanol–water partition coefficient (Wildman–Crippen LogP) is 2.31. The van der Waals surface area contributed by atoms with Gasteiger partial charge in [0, 0.05) is 30.9 Å². The first-order valence-corrected chi connectivity index (χ1v) is 9.58. The summed E-state index contributed by atoms with van der Waals surface area (Å²) in [6.45, 7) is 7.32. The third-order valence-corrected chi connectivity index (χ3v) is 4.84. The Labute approximate surface area is 161 Å². The fourth-order valence-electron chi connectivity index (χ4n) is 3.26. The van der Waals surface area contributed by atoms with Gasteiger partial charge in [-0.05, 0) is 57.5 Å². The molecule has 1 aliphatic heterocycles. The van der Waals surface area contributed by atoms with Gasteiger partial charge in [0.05, 0.1) is 13.1 Å². The van der Waals surface area contributed by atoms with E-state index in [1.54, 1.807) is 29.2 Å². The van der Waals surface area contributed by atoms with Crippen LogP contribution in [-0.4, -0.2) is 59.7 Å². The van der Waals surface area contributed by atoms with E-state index in [-0.39, 0.29) is 24.3 Å². The number of likely N-dealkylation sites (tertiary alicyclic amines) is 1. The third kappa shape index (κ3) is 6.67. The van der Waals surface area contributed by atoms with Crippen LogP contribution >= 0.6 is 0 Å². The smallest absolute Gasteiger partial charge is 0.243 e. The molecule has 27 heavy (non-hydrogen) atoms. The van der Waals surface area contributed by atoms with Crippen LogP contribution in [0.1, 0.15) is 40.0 Å². The van der Waals surface area contributed by atoms with Crippen molar-refractivity contribution >= 4 is 29.1 Å². The highest BCUT2D eigenvalue weighted by atomic mass is 16.2. The molecule has 1 aromatic rings. The maximum absolute atomic E-state index is 12.6. The van der Waals surface area contributed by atoms with Crippen LogP contribution in [0, 0.1) is 0 Å². The molecule has 1 aliphatic rings. The lowest BCUT2D eigenvalue weighted by Crippen LogP contribution is -2.47. The molecule has 2 N–H and O–H groups in total. The lowest BCUT2D eigenvalue weighted by Gasteiger charge is -2.34. The molecular weight excluding hydrogens is 344 g/mol. The van der Waals surface area contributed by atoms with E-state index in [1.165, 1.54) is 13.3 Å². The number of benzene rings is 1. The van der Waals surface area contributed by atoms with Gasteiger partial charge in [0.25, 0.3) is 0 Å². The Bertz CT molecular complexity index is 660. The van der Waals surface area contributed by atoms with Crippen molar-refractivity contribution < 1.29 is 14.4 Å². The second-order valence-corrected chi connectivity index (χ2v) is 7.03. The van der Waals surface area contributed by atoms with Crippen LogP contribution in [0.4, 0.5) is 11.4 Å². The summed E-state index contributed by atoms with van der Waals surface area (Å²) in [7, 11) is 0. The highest BCUT2D eigenvalue weighted by Gasteiger charge is 2.23. The first kappa shape index (κ1) is 20.9. The number of amides is 3. The number of nitrogens with one attached hydrogen (secondary N) is 2. The van der Waals surface area contributed by atoms with Gasteiger partial charge in [-0.25, -0.2) is 0 Å². The van der Waals surface area contributed by atoms with Gasteiger partial charge in [-0.15, -0.1) is 0 Å². The Balaban J connectivity index is 1.86. The van der Waals surface area contributed by atoms with Gasteiger partial charge >= 0.3 is 0 Å². The van der Waals surface area contributed by atoms with Gasteiger partial charge in [-0.3, -0.25) is 19.3 Å². The molecule has 1 fully saturated rings. The molecule has 0 unspecified atom stereocenters. The first-order valence-electron chi connectivity index (χ1n) is 9.58. The average molecular weight is 374 g/mol. The number of anilines is 2. The second kappa shape index (κ2) is 10.1. The minimum Gasteiger partial charge on any atom is -0.333 e. The largest absolute Gasteiger partial charge is 0.333 e. The Kier molecular flexibility index (Phi) is 7.79. The molecule has 0 saturated carbocycles. The zero-order chi connectivity index (χ0) is 19.8. The monoisotopic (exact) mass is 374 g/mol. The van der Waals surface area contributed by atoms with Gasteiger partial charge in [-0.2, -0.15) is 0 Å². The van der Waals surface area contributed by atoms with E-state index < -0.39 is 0 Å². The maximum Gasteiger partial charge on any atom is 0.243 e. The molecule has 2 rings (SSSR count). The Morgan fingerprint density at radius 3 is 2.30 bits per heavy atom. The molecule has 3 amide bonds. The van der Waals surface area contributed by atoms with Crippen LogP contribution in [0.2, 0.25) is 0 Å². The zero-order valence-electron chi connectivity index (χ0n) is 16.5. The number of piperidine rings is 1. The summed E-state index contributed by atoms with van der Waals surface area (Å²) in [6, 6.07) is 7.29. The average Bonchev–Trinajstić information content (AvgIpc) is 2.62. The minimum absolute atomic E-state index is 0.0117. The molecule has 148 valence electrons. The molecular formula is C20H30N4O3. The summed E-state index contributed by atoms with van der Waals surface area (Å²) in [5.41, 5.74) is 1.30. The van der Waals surface area contributed by atoms with Crippen molar-refractivity contribution in [3.8, 4) is 0 Å². The highest BCUT2D eigenvalue weighted by molar-refractivity contribution is 5.95. The van der Waals surface area contributed by atoms with Crippen LogP contribution in [-0.2, 0) is 14.4 Å². The summed E-state index contributed by atoms with van der Waals surface area (Å²) in [4.78, 5) is 39.7. The van der Waals surface area contributed by atoms with Crippen LogP contribution in [0.3, 0.4) is 0 Å². The minimum atomic E-state index is -0.232. The molecule has 1 heterocycles. The maximum atomic E-state index is 12.6. The van der Waals surface area contributed by atoms with Crippen molar-refractivity contribution in [1.29, 1.82) is 0 Å². The molecule has 1 aromatic carbocycles. The van der Waals surface area contributed by atoms with E-state index in [4.69, 9.17) is 0 Å². The standard InChI is InChI=1S/C20H30N4O3/c1-4-23(20(27)14-24-12-6-5-7-15(24)2)13-19(26)22-18-10-8-17(9-11-18)21-16(3)25/h8-11,15H,4-7,12-14H2,1-3H3,(H,21,25)(H,22,26)/t15-/m1/s1. The van der Waals surface area contributed by atoms with Gasteiger partial charge in [-0.1, -0.05) is 6.42 Å². The number of nitrogens with zero attached hydrogens (tertiary/aromatic N) is 2. The topological polar surface area (TPSA) is 81.8 Å². The van der Waals surface area contributed by atoms with Crippen molar-refractivity contribution in [2.24, 2.45) is 0 Å². The predicted molar refractivity (Wildman–Crippen MR) is 107 cm³/mol. The van der Waals surface area contributed by atoms with E-state index in [9.17, 15) is 14.4 Å². The number of hydrogen-bond donors (Lipinski definition) is 2. The number of carbonyl (C=O) groups excluding carboxylic acids is 3. The van der Waals surface area contributed by atoms with Crippen LogP contribution in [0.15, 0.2) is 24.3 Å². The van der Waals surface area contributed by atoms with E-state index in [0.717, 1.165) is 19.4 Å². The Morgan fingerprint density at radius 1 is 1.11 bits per heavy atom. The van der Waals surface area contributed by atoms with E-state index in [2.05, 4.69) is 22.5 Å². The SMILES string of the molecule is CCN(CC(=O)Nc1ccc(NC(C)=O)cc1)C(=O)CN1CCCC[C@H]1C. The van der Waals surface area contributed by atoms with Crippen molar-refractivity contribution in [2.45, 2.75) is 46.1 Å². The quantitative estimate of drug-likeness (QED) is 0.767. The zero-order valence-corrected chi connectivity index (χ0v) is 16.5. The fraction of sp³-hybridized carbons (Fsp3) is 0.550. The van der Waals surface area contributed by atoms with E-state index in [1.807, 2.05) is 6.92 Å². The summed E-state index contributed by atoms with van der Waals surface area (Å²) >= 11 is 0.